The van der Waals surface area contributed by atoms with Crippen molar-refractivity contribution in [1.82, 2.24) is 0 Å². The van der Waals surface area contributed by atoms with Gasteiger partial charge < -0.3 is 19.1 Å². The van der Waals surface area contributed by atoms with Crippen LogP contribution in [0.5, 0.6) is 11.5 Å². The van der Waals surface area contributed by atoms with Gasteiger partial charge in [0.05, 0.1) is 25.3 Å². The van der Waals surface area contributed by atoms with Crippen molar-refractivity contribution in [2.75, 3.05) is 25.2 Å². The van der Waals surface area contributed by atoms with Crippen LogP contribution in [0.4, 0.5) is 11.4 Å². The molecule has 1 spiro atoms. The zero-order chi connectivity index (χ0) is 23.9. The number of hydrogen-bond acceptors (Lipinski definition) is 6. The molecule has 6 heteroatoms. The molecule has 1 atom stereocenters. The number of methoxy groups -OCH3 is 1. The number of rotatable bonds is 6. The van der Waals surface area contributed by atoms with Gasteiger partial charge in [0, 0.05) is 24.0 Å². The first-order chi connectivity index (χ1) is 16.4. The largest absolute Gasteiger partial charge is 0.497 e. The molecule has 3 aromatic carbocycles. The van der Waals surface area contributed by atoms with Gasteiger partial charge in [0.2, 0.25) is 5.72 Å². The van der Waals surface area contributed by atoms with Crippen molar-refractivity contribution in [1.29, 1.82) is 0 Å². The first-order valence-electron chi connectivity index (χ1n) is 11.8. The normalized spacial score (nSPS) is 19.6. The van der Waals surface area contributed by atoms with E-state index < -0.39 is 5.72 Å². The fourth-order valence-electron chi connectivity index (χ4n) is 5.21. The number of anilines is 1. The lowest BCUT2D eigenvalue weighted by Gasteiger charge is -2.46. The standard InChI is InChI=1S/C28H30N2O4/c1-5-33-25(31)11-8-16-30-23-10-7-6-9-22(23)27(2,3)28(30)18-29-26-21-17-20(32-4)14-12-19(21)13-15-24(26)34-28/h6-7,9-10,12-15,17-18H,5,8,11,16H2,1-4H3. The van der Waals surface area contributed by atoms with Crippen LogP contribution >= 0.6 is 0 Å². The van der Waals surface area contributed by atoms with Crippen LogP contribution in [-0.2, 0) is 14.9 Å². The van der Waals surface area contributed by atoms with Gasteiger partial charge in [-0.25, -0.2) is 0 Å². The Morgan fingerprint density at radius 1 is 1.12 bits per heavy atom. The van der Waals surface area contributed by atoms with Gasteiger partial charge >= 0.3 is 5.97 Å². The molecule has 0 saturated heterocycles. The van der Waals surface area contributed by atoms with E-state index in [4.69, 9.17) is 19.2 Å². The van der Waals surface area contributed by atoms with E-state index in [2.05, 4.69) is 43.0 Å². The Morgan fingerprint density at radius 2 is 1.91 bits per heavy atom. The quantitative estimate of drug-likeness (QED) is 0.438. The average molecular weight is 459 g/mol. The maximum atomic E-state index is 12.0. The molecule has 176 valence electrons. The molecule has 0 saturated carbocycles. The minimum Gasteiger partial charge on any atom is -0.497 e. The molecular weight excluding hydrogens is 428 g/mol. The molecule has 1 unspecified atom stereocenters. The van der Waals surface area contributed by atoms with E-state index in [1.54, 1.807) is 7.11 Å². The fraction of sp³-hybridized carbons (Fsp3) is 0.357. The van der Waals surface area contributed by atoms with E-state index in [1.165, 1.54) is 5.56 Å². The number of nitrogens with zero attached hydrogens (tertiary/aromatic N) is 2. The lowest BCUT2D eigenvalue weighted by molar-refractivity contribution is -0.143. The van der Waals surface area contributed by atoms with Crippen molar-refractivity contribution in [3.8, 4) is 11.5 Å². The van der Waals surface area contributed by atoms with Crippen molar-refractivity contribution < 1.29 is 19.0 Å². The van der Waals surface area contributed by atoms with Crippen LogP contribution in [0.15, 0.2) is 59.6 Å². The van der Waals surface area contributed by atoms with E-state index in [1.807, 2.05) is 43.5 Å². The summed E-state index contributed by atoms with van der Waals surface area (Å²) >= 11 is 0. The number of carbonyl (C=O) groups excluding carboxylic acids is 1. The highest BCUT2D eigenvalue weighted by Crippen LogP contribution is 2.54. The molecule has 2 heterocycles. The lowest BCUT2D eigenvalue weighted by Crippen LogP contribution is -2.62. The number of fused-ring (bicyclic) bond motifs is 4. The van der Waals surface area contributed by atoms with Crippen LogP contribution in [-0.4, -0.2) is 38.2 Å². The number of benzene rings is 3. The smallest absolute Gasteiger partial charge is 0.305 e. The molecule has 34 heavy (non-hydrogen) atoms. The van der Waals surface area contributed by atoms with E-state index in [-0.39, 0.29) is 11.4 Å². The van der Waals surface area contributed by atoms with E-state index in [0.29, 0.717) is 26.0 Å². The molecule has 0 amide bonds. The Bertz CT molecular complexity index is 1280. The Labute approximate surface area is 200 Å². The minimum atomic E-state index is -0.815. The Balaban J connectivity index is 1.56. The summed E-state index contributed by atoms with van der Waals surface area (Å²) < 4.78 is 17.5. The first kappa shape index (κ1) is 22.3. The summed E-state index contributed by atoms with van der Waals surface area (Å²) in [5, 5.41) is 2.07. The number of carbonyl (C=O) groups is 1. The van der Waals surface area contributed by atoms with Gasteiger partial charge in [0.1, 0.15) is 17.2 Å². The maximum absolute atomic E-state index is 12.0. The second kappa shape index (κ2) is 8.35. The van der Waals surface area contributed by atoms with Gasteiger partial charge in [-0.3, -0.25) is 9.79 Å². The summed E-state index contributed by atoms with van der Waals surface area (Å²) in [7, 11) is 1.66. The van der Waals surface area contributed by atoms with Crippen molar-refractivity contribution in [2.24, 2.45) is 4.99 Å². The molecule has 0 radical (unpaired) electrons. The third-order valence-electron chi connectivity index (χ3n) is 7.03. The predicted octanol–water partition coefficient (Wildman–Crippen LogP) is 5.78. The molecule has 6 nitrogen and oxygen atoms in total. The van der Waals surface area contributed by atoms with Crippen LogP contribution in [0.2, 0.25) is 0 Å². The zero-order valence-electron chi connectivity index (χ0n) is 20.1. The number of ether oxygens (including phenoxy) is 3. The highest BCUT2D eigenvalue weighted by atomic mass is 16.5. The third kappa shape index (κ3) is 3.31. The molecular formula is C28H30N2O4. The molecule has 0 fully saturated rings. The van der Waals surface area contributed by atoms with Crippen molar-refractivity contribution >= 4 is 34.3 Å². The summed E-state index contributed by atoms with van der Waals surface area (Å²) in [5.74, 6) is 1.34. The number of aliphatic imine (C=N–C) groups is 1. The van der Waals surface area contributed by atoms with Gasteiger partial charge in [-0.1, -0.05) is 30.3 Å². The summed E-state index contributed by atoms with van der Waals surface area (Å²) in [6, 6.07) is 18.4. The van der Waals surface area contributed by atoms with E-state index >= 15 is 0 Å². The molecule has 5 rings (SSSR count). The molecule has 0 aromatic heterocycles. The number of hydrogen-bond donors (Lipinski definition) is 0. The molecule has 0 aliphatic carbocycles. The van der Waals surface area contributed by atoms with Crippen molar-refractivity contribution in [2.45, 2.75) is 44.8 Å². The Hall–Kier alpha value is -3.54. The summed E-state index contributed by atoms with van der Waals surface area (Å²) in [6.45, 7) is 7.25. The highest BCUT2D eigenvalue weighted by Gasteiger charge is 2.59. The van der Waals surface area contributed by atoms with Crippen molar-refractivity contribution in [3.63, 3.8) is 0 Å². The van der Waals surface area contributed by atoms with Crippen LogP contribution < -0.4 is 14.4 Å². The van der Waals surface area contributed by atoms with Crippen LogP contribution in [0.1, 0.15) is 39.2 Å². The molecule has 2 aliphatic heterocycles. The van der Waals surface area contributed by atoms with E-state index in [9.17, 15) is 4.79 Å². The molecule has 3 aromatic rings. The van der Waals surface area contributed by atoms with Gasteiger partial charge in [-0.05, 0) is 62.4 Å². The second-order valence-corrected chi connectivity index (χ2v) is 9.26. The Morgan fingerprint density at radius 3 is 2.71 bits per heavy atom. The van der Waals surface area contributed by atoms with Gasteiger partial charge in [0.25, 0.3) is 0 Å². The monoisotopic (exact) mass is 458 g/mol. The summed E-state index contributed by atoms with van der Waals surface area (Å²) in [5.41, 5.74) is 1.92. The topological polar surface area (TPSA) is 60.4 Å². The SMILES string of the molecule is CCOC(=O)CCCN1c2ccccc2C(C)(C)C12C=Nc1c(ccc3ccc(OC)cc13)O2. The third-order valence-corrected chi connectivity index (χ3v) is 7.03. The minimum absolute atomic E-state index is 0.174. The maximum Gasteiger partial charge on any atom is 0.305 e. The number of esters is 1. The molecule has 2 aliphatic rings. The first-order valence-corrected chi connectivity index (χ1v) is 11.8. The predicted molar refractivity (Wildman–Crippen MR) is 135 cm³/mol. The highest BCUT2D eigenvalue weighted by molar-refractivity contribution is 6.00. The summed E-state index contributed by atoms with van der Waals surface area (Å²) in [6.07, 6.45) is 2.96. The van der Waals surface area contributed by atoms with Crippen LogP contribution in [0.3, 0.4) is 0 Å². The fourth-order valence-corrected chi connectivity index (χ4v) is 5.21. The average Bonchev–Trinajstić information content (AvgIpc) is 3.02. The summed E-state index contributed by atoms with van der Waals surface area (Å²) in [4.78, 5) is 19.2. The Kier molecular flexibility index (Phi) is 5.47. The van der Waals surface area contributed by atoms with E-state index in [0.717, 1.165) is 33.6 Å². The molecule has 0 bridgehead atoms. The lowest BCUT2D eigenvalue weighted by atomic mass is 9.77. The molecule has 0 N–H and O–H groups in total. The second-order valence-electron chi connectivity index (χ2n) is 9.26. The number of para-hydroxylation sites is 1. The van der Waals surface area contributed by atoms with Gasteiger partial charge in [0.15, 0.2) is 0 Å². The van der Waals surface area contributed by atoms with Crippen LogP contribution in [0, 0.1) is 0 Å². The van der Waals surface area contributed by atoms with Crippen molar-refractivity contribution in [3.05, 3.63) is 60.2 Å². The van der Waals surface area contributed by atoms with Gasteiger partial charge in [-0.15, -0.1) is 0 Å². The zero-order valence-corrected chi connectivity index (χ0v) is 20.1. The van der Waals surface area contributed by atoms with Crippen LogP contribution in [0.25, 0.3) is 10.8 Å². The van der Waals surface area contributed by atoms with Gasteiger partial charge in [-0.2, -0.15) is 0 Å².